The monoisotopic (exact) mass is 194 g/mol. The maximum atomic E-state index is 5.35. The highest BCUT2D eigenvalue weighted by Gasteiger charge is 2.27. The summed E-state index contributed by atoms with van der Waals surface area (Å²) < 4.78 is 0. The van der Waals surface area contributed by atoms with Crippen LogP contribution in [0.3, 0.4) is 0 Å². The standard InChI is InChI=1S/C12H22N2/c1-5-6-10(2)14-8-7-12(13-4)9-11(14)3/h1,10-13H,6-9H2,2-4H3. The van der Waals surface area contributed by atoms with E-state index in [0.717, 1.165) is 6.42 Å². The largest absolute Gasteiger partial charge is 0.317 e. The summed E-state index contributed by atoms with van der Waals surface area (Å²) in [6.07, 6.45) is 8.70. The van der Waals surface area contributed by atoms with Crippen LogP contribution in [0.15, 0.2) is 0 Å². The van der Waals surface area contributed by atoms with Crippen molar-refractivity contribution in [2.45, 2.75) is 51.2 Å². The van der Waals surface area contributed by atoms with Gasteiger partial charge in [-0.05, 0) is 33.7 Å². The van der Waals surface area contributed by atoms with Gasteiger partial charge in [0.15, 0.2) is 0 Å². The molecule has 1 saturated heterocycles. The number of terminal acetylenes is 1. The van der Waals surface area contributed by atoms with Crippen LogP contribution in [0.4, 0.5) is 0 Å². The summed E-state index contributed by atoms with van der Waals surface area (Å²) in [5, 5.41) is 3.36. The van der Waals surface area contributed by atoms with Crippen molar-refractivity contribution in [3.05, 3.63) is 0 Å². The molecule has 1 heterocycles. The molecule has 1 aliphatic heterocycles. The number of likely N-dealkylation sites (tertiary alicyclic amines) is 1. The first kappa shape index (κ1) is 11.6. The van der Waals surface area contributed by atoms with E-state index in [-0.39, 0.29) is 0 Å². The highest BCUT2D eigenvalue weighted by atomic mass is 15.2. The number of nitrogens with zero attached hydrogens (tertiary/aromatic N) is 1. The average Bonchev–Trinajstić information content (AvgIpc) is 2.17. The number of piperidine rings is 1. The van der Waals surface area contributed by atoms with Gasteiger partial charge in [0.2, 0.25) is 0 Å². The maximum Gasteiger partial charge on any atom is 0.0240 e. The minimum absolute atomic E-state index is 0.535. The second-order valence-corrected chi connectivity index (χ2v) is 4.35. The van der Waals surface area contributed by atoms with Crippen LogP contribution >= 0.6 is 0 Å². The molecule has 2 nitrogen and oxygen atoms in total. The van der Waals surface area contributed by atoms with Crippen LogP contribution in [0.2, 0.25) is 0 Å². The van der Waals surface area contributed by atoms with Gasteiger partial charge in [-0.2, -0.15) is 0 Å². The van der Waals surface area contributed by atoms with Crippen LogP contribution in [0.5, 0.6) is 0 Å². The lowest BCUT2D eigenvalue weighted by Gasteiger charge is -2.40. The summed E-state index contributed by atoms with van der Waals surface area (Å²) in [6.45, 7) is 5.71. The van der Waals surface area contributed by atoms with Crippen molar-refractivity contribution in [3.63, 3.8) is 0 Å². The fourth-order valence-corrected chi connectivity index (χ4v) is 2.40. The van der Waals surface area contributed by atoms with Gasteiger partial charge in [0, 0.05) is 31.1 Å². The molecule has 2 heteroatoms. The molecule has 3 atom stereocenters. The second kappa shape index (κ2) is 5.38. The highest BCUT2D eigenvalue weighted by molar-refractivity contribution is 4.92. The minimum atomic E-state index is 0.535. The fraction of sp³-hybridized carbons (Fsp3) is 0.833. The van der Waals surface area contributed by atoms with E-state index in [1.807, 2.05) is 0 Å². The van der Waals surface area contributed by atoms with E-state index in [2.05, 4.69) is 37.0 Å². The Labute approximate surface area is 88.1 Å². The van der Waals surface area contributed by atoms with E-state index in [9.17, 15) is 0 Å². The molecule has 0 bridgehead atoms. The third-order valence-electron chi connectivity index (χ3n) is 3.32. The predicted molar refractivity (Wildman–Crippen MR) is 61.2 cm³/mol. The lowest BCUT2D eigenvalue weighted by molar-refractivity contribution is 0.0996. The number of nitrogens with one attached hydrogen (secondary N) is 1. The summed E-state index contributed by atoms with van der Waals surface area (Å²) >= 11 is 0. The number of hydrogen-bond donors (Lipinski definition) is 1. The molecule has 0 aromatic heterocycles. The Kier molecular flexibility index (Phi) is 4.44. The zero-order valence-electron chi connectivity index (χ0n) is 9.59. The van der Waals surface area contributed by atoms with E-state index in [0.29, 0.717) is 18.1 Å². The summed E-state index contributed by atoms with van der Waals surface area (Å²) in [5.41, 5.74) is 0. The lowest BCUT2D eigenvalue weighted by Crippen LogP contribution is -2.49. The zero-order chi connectivity index (χ0) is 10.6. The van der Waals surface area contributed by atoms with Crippen molar-refractivity contribution < 1.29 is 0 Å². The first-order valence-electron chi connectivity index (χ1n) is 5.55. The summed E-state index contributed by atoms with van der Waals surface area (Å²) in [7, 11) is 2.05. The van der Waals surface area contributed by atoms with Crippen LogP contribution in [0.25, 0.3) is 0 Å². The zero-order valence-corrected chi connectivity index (χ0v) is 9.59. The quantitative estimate of drug-likeness (QED) is 0.684. The van der Waals surface area contributed by atoms with E-state index < -0.39 is 0 Å². The van der Waals surface area contributed by atoms with Gasteiger partial charge in [0.25, 0.3) is 0 Å². The van der Waals surface area contributed by atoms with Crippen molar-refractivity contribution in [1.82, 2.24) is 10.2 Å². The van der Waals surface area contributed by atoms with Crippen LogP contribution in [-0.4, -0.2) is 36.6 Å². The van der Waals surface area contributed by atoms with Crippen molar-refractivity contribution in [2.24, 2.45) is 0 Å². The van der Waals surface area contributed by atoms with E-state index >= 15 is 0 Å². The summed E-state index contributed by atoms with van der Waals surface area (Å²) in [4.78, 5) is 2.54. The van der Waals surface area contributed by atoms with Crippen molar-refractivity contribution >= 4 is 0 Å². The Bertz CT molecular complexity index is 207. The molecule has 0 aromatic carbocycles. The van der Waals surface area contributed by atoms with E-state index in [4.69, 9.17) is 6.42 Å². The average molecular weight is 194 g/mol. The Morgan fingerprint density at radius 3 is 2.86 bits per heavy atom. The van der Waals surface area contributed by atoms with E-state index in [1.54, 1.807) is 0 Å². The van der Waals surface area contributed by atoms with Crippen LogP contribution in [0.1, 0.15) is 33.1 Å². The Balaban J connectivity index is 2.45. The molecule has 0 amide bonds. The van der Waals surface area contributed by atoms with Gasteiger partial charge in [-0.3, -0.25) is 4.90 Å². The molecule has 0 saturated carbocycles. The van der Waals surface area contributed by atoms with Gasteiger partial charge in [-0.25, -0.2) is 0 Å². The third kappa shape index (κ3) is 2.73. The number of hydrogen-bond acceptors (Lipinski definition) is 2. The first-order valence-corrected chi connectivity index (χ1v) is 5.55. The molecule has 0 spiro atoms. The molecule has 0 aromatic rings. The van der Waals surface area contributed by atoms with Crippen molar-refractivity contribution in [1.29, 1.82) is 0 Å². The third-order valence-corrected chi connectivity index (χ3v) is 3.32. The molecular weight excluding hydrogens is 172 g/mol. The minimum Gasteiger partial charge on any atom is -0.317 e. The summed E-state index contributed by atoms with van der Waals surface area (Å²) in [5.74, 6) is 2.75. The van der Waals surface area contributed by atoms with Gasteiger partial charge >= 0.3 is 0 Å². The number of rotatable bonds is 3. The highest BCUT2D eigenvalue weighted by Crippen LogP contribution is 2.20. The SMILES string of the molecule is C#CCC(C)N1CCC(NC)CC1C. The molecule has 1 N–H and O–H groups in total. The van der Waals surface area contributed by atoms with Gasteiger partial charge in [-0.1, -0.05) is 0 Å². The van der Waals surface area contributed by atoms with Crippen molar-refractivity contribution in [3.8, 4) is 12.3 Å². The van der Waals surface area contributed by atoms with E-state index in [1.165, 1.54) is 19.4 Å². The van der Waals surface area contributed by atoms with Crippen LogP contribution < -0.4 is 5.32 Å². The topological polar surface area (TPSA) is 15.3 Å². The van der Waals surface area contributed by atoms with Crippen LogP contribution in [0, 0.1) is 12.3 Å². The van der Waals surface area contributed by atoms with Crippen LogP contribution in [-0.2, 0) is 0 Å². The Morgan fingerprint density at radius 1 is 1.64 bits per heavy atom. The fourth-order valence-electron chi connectivity index (χ4n) is 2.40. The second-order valence-electron chi connectivity index (χ2n) is 4.35. The molecule has 3 unspecified atom stereocenters. The molecule has 80 valence electrons. The molecule has 1 rings (SSSR count). The first-order chi connectivity index (χ1) is 6.69. The Morgan fingerprint density at radius 2 is 2.36 bits per heavy atom. The van der Waals surface area contributed by atoms with Crippen molar-refractivity contribution in [2.75, 3.05) is 13.6 Å². The normalized spacial score (nSPS) is 31.0. The van der Waals surface area contributed by atoms with Gasteiger partial charge < -0.3 is 5.32 Å². The molecule has 1 fully saturated rings. The molecule has 1 aliphatic rings. The Hall–Kier alpha value is -0.520. The van der Waals surface area contributed by atoms with Gasteiger partial charge in [0.1, 0.15) is 0 Å². The molecule has 0 radical (unpaired) electrons. The molecule has 0 aliphatic carbocycles. The summed E-state index contributed by atoms with van der Waals surface area (Å²) in [6, 6.07) is 1.89. The molecular formula is C12H22N2. The molecule has 14 heavy (non-hydrogen) atoms. The lowest BCUT2D eigenvalue weighted by atomic mass is 9.96. The van der Waals surface area contributed by atoms with Gasteiger partial charge in [-0.15, -0.1) is 12.3 Å². The van der Waals surface area contributed by atoms with Gasteiger partial charge in [0.05, 0.1) is 0 Å². The predicted octanol–water partition coefficient (Wildman–Crippen LogP) is 1.47. The smallest absolute Gasteiger partial charge is 0.0240 e. The maximum absolute atomic E-state index is 5.35.